The summed E-state index contributed by atoms with van der Waals surface area (Å²) in [7, 11) is 0. The Hall–Kier alpha value is -3.11. The van der Waals surface area contributed by atoms with E-state index < -0.39 is 0 Å². The van der Waals surface area contributed by atoms with Gasteiger partial charge < -0.3 is 5.32 Å². The van der Waals surface area contributed by atoms with Gasteiger partial charge in [0, 0.05) is 30.5 Å². The molecule has 0 fully saturated rings. The number of thioether (sulfide) groups is 1. The predicted molar refractivity (Wildman–Crippen MR) is 113 cm³/mol. The van der Waals surface area contributed by atoms with Gasteiger partial charge >= 0.3 is 0 Å². The van der Waals surface area contributed by atoms with E-state index in [0.29, 0.717) is 23.3 Å². The lowest BCUT2D eigenvalue weighted by atomic mass is 10.1. The molecule has 10 heteroatoms. The van der Waals surface area contributed by atoms with Gasteiger partial charge in [-0.3, -0.25) is 14.2 Å². The number of carbonyl (C=O) groups excluding carboxylic acids is 1. The van der Waals surface area contributed by atoms with Crippen LogP contribution in [0.2, 0.25) is 0 Å². The number of aromatic nitrogens is 5. The fourth-order valence-corrected chi connectivity index (χ4v) is 4.05. The maximum absolute atomic E-state index is 13.0. The molecule has 0 saturated heterocycles. The molecule has 4 rings (SSSR count). The van der Waals surface area contributed by atoms with Crippen molar-refractivity contribution in [3.63, 3.8) is 0 Å². The van der Waals surface area contributed by atoms with Gasteiger partial charge in [-0.1, -0.05) is 42.1 Å². The Bertz CT molecular complexity index is 1180. The molecule has 0 spiro atoms. The van der Waals surface area contributed by atoms with Gasteiger partial charge in [0.25, 0.3) is 5.56 Å². The molecule has 0 unspecified atom stereocenters. The minimum absolute atomic E-state index is 0.100. The summed E-state index contributed by atoms with van der Waals surface area (Å²) >= 11 is 2.53. The molecule has 1 aromatic carbocycles. The van der Waals surface area contributed by atoms with Gasteiger partial charge in [-0.25, -0.2) is 19.9 Å². The van der Waals surface area contributed by atoms with Crippen molar-refractivity contribution in [1.82, 2.24) is 24.5 Å². The van der Waals surface area contributed by atoms with Crippen molar-refractivity contribution in [1.29, 1.82) is 0 Å². The van der Waals surface area contributed by atoms with Gasteiger partial charge in [-0.2, -0.15) is 0 Å². The molecule has 3 aromatic heterocycles. The van der Waals surface area contributed by atoms with Crippen molar-refractivity contribution in [3.8, 4) is 0 Å². The van der Waals surface area contributed by atoms with Gasteiger partial charge in [-0.05, 0) is 12.0 Å². The number of amides is 1. The second-order valence-corrected chi connectivity index (χ2v) is 7.83. The summed E-state index contributed by atoms with van der Waals surface area (Å²) < 4.78 is 1.56. The highest BCUT2D eigenvalue weighted by atomic mass is 32.2. The normalized spacial score (nSPS) is 10.9. The summed E-state index contributed by atoms with van der Waals surface area (Å²) in [6, 6.07) is 9.88. The smallest absolute Gasteiger partial charge is 0.282 e. The van der Waals surface area contributed by atoms with Crippen LogP contribution in [-0.4, -0.2) is 36.2 Å². The number of thiazole rings is 1. The van der Waals surface area contributed by atoms with Crippen LogP contribution < -0.4 is 10.9 Å². The first-order valence-corrected chi connectivity index (χ1v) is 10.6. The van der Waals surface area contributed by atoms with E-state index in [0.717, 1.165) is 5.56 Å². The number of fused-ring (bicyclic) bond motifs is 1. The van der Waals surface area contributed by atoms with Crippen molar-refractivity contribution < 1.29 is 4.79 Å². The van der Waals surface area contributed by atoms with Crippen LogP contribution in [0.4, 0.5) is 5.13 Å². The Morgan fingerprint density at radius 3 is 2.72 bits per heavy atom. The first kappa shape index (κ1) is 19.2. The molecule has 0 aliphatic rings. The third kappa shape index (κ3) is 4.66. The van der Waals surface area contributed by atoms with Gasteiger partial charge in [0.1, 0.15) is 0 Å². The van der Waals surface area contributed by atoms with Crippen molar-refractivity contribution in [2.75, 3.05) is 11.1 Å². The Morgan fingerprint density at radius 1 is 1.10 bits per heavy atom. The Balaban J connectivity index is 1.58. The highest BCUT2D eigenvalue weighted by Crippen LogP contribution is 2.18. The lowest BCUT2D eigenvalue weighted by molar-refractivity contribution is -0.113. The standard InChI is InChI=1S/C19H16N6O2S2/c26-14(23-18-22-9-11-28-18)12-29-19-24-16-15(20-7-8-21-16)17(27)25(19)10-6-13-4-2-1-3-5-13/h1-5,7-9,11H,6,10,12H2,(H,22,23,26). The van der Waals surface area contributed by atoms with Crippen LogP contribution in [0, 0.1) is 0 Å². The number of hydrogen-bond donors (Lipinski definition) is 1. The van der Waals surface area contributed by atoms with Crippen LogP contribution in [0.1, 0.15) is 5.56 Å². The number of nitrogens with one attached hydrogen (secondary N) is 1. The number of benzene rings is 1. The largest absolute Gasteiger partial charge is 0.301 e. The molecular formula is C19H16N6O2S2. The number of rotatable bonds is 7. The molecular weight excluding hydrogens is 408 g/mol. The molecule has 8 nitrogen and oxygen atoms in total. The minimum atomic E-state index is -0.262. The van der Waals surface area contributed by atoms with E-state index in [9.17, 15) is 9.59 Å². The van der Waals surface area contributed by atoms with Gasteiger partial charge in [0.15, 0.2) is 21.5 Å². The van der Waals surface area contributed by atoms with E-state index in [1.54, 1.807) is 16.1 Å². The molecule has 0 saturated carbocycles. The fourth-order valence-electron chi connectivity index (χ4n) is 2.69. The van der Waals surface area contributed by atoms with Crippen LogP contribution in [-0.2, 0) is 17.8 Å². The highest BCUT2D eigenvalue weighted by molar-refractivity contribution is 7.99. The summed E-state index contributed by atoms with van der Waals surface area (Å²) in [6.45, 7) is 0.429. The third-order valence-corrected chi connectivity index (χ3v) is 5.70. The maximum atomic E-state index is 13.0. The summed E-state index contributed by atoms with van der Waals surface area (Å²) in [6.07, 6.45) is 5.25. The molecule has 0 radical (unpaired) electrons. The van der Waals surface area contributed by atoms with Gasteiger partial charge in [-0.15, -0.1) is 11.3 Å². The number of carbonyl (C=O) groups is 1. The number of anilines is 1. The average molecular weight is 425 g/mol. The highest BCUT2D eigenvalue weighted by Gasteiger charge is 2.15. The van der Waals surface area contributed by atoms with Crippen molar-refractivity contribution in [2.45, 2.75) is 18.1 Å². The second-order valence-electron chi connectivity index (χ2n) is 5.99. The van der Waals surface area contributed by atoms with E-state index in [2.05, 4.69) is 25.3 Å². The van der Waals surface area contributed by atoms with Crippen LogP contribution in [0.25, 0.3) is 11.2 Å². The zero-order valence-electron chi connectivity index (χ0n) is 15.2. The average Bonchev–Trinajstić information content (AvgIpc) is 3.25. The van der Waals surface area contributed by atoms with Crippen LogP contribution in [0.15, 0.2) is 64.3 Å². The van der Waals surface area contributed by atoms with Crippen LogP contribution in [0.5, 0.6) is 0 Å². The molecule has 0 aliphatic heterocycles. The van der Waals surface area contributed by atoms with Crippen molar-refractivity contribution in [2.24, 2.45) is 0 Å². The lowest BCUT2D eigenvalue weighted by Gasteiger charge is -2.12. The second kappa shape index (κ2) is 8.93. The molecule has 4 aromatic rings. The molecule has 1 amide bonds. The maximum Gasteiger partial charge on any atom is 0.282 e. The summed E-state index contributed by atoms with van der Waals surface area (Å²) in [5, 5.41) is 5.49. The van der Waals surface area contributed by atoms with E-state index >= 15 is 0 Å². The van der Waals surface area contributed by atoms with Gasteiger partial charge in [0.2, 0.25) is 5.91 Å². The van der Waals surface area contributed by atoms with E-state index in [1.165, 1.54) is 35.5 Å². The Morgan fingerprint density at radius 2 is 1.93 bits per heavy atom. The van der Waals surface area contributed by atoms with E-state index in [1.807, 2.05) is 30.3 Å². The number of hydrogen-bond acceptors (Lipinski definition) is 8. The Labute approximate surface area is 174 Å². The van der Waals surface area contributed by atoms with Crippen molar-refractivity contribution in [3.05, 3.63) is 70.2 Å². The number of nitrogens with zero attached hydrogens (tertiary/aromatic N) is 5. The third-order valence-electron chi connectivity index (χ3n) is 4.04. The SMILES string of the molecule is O=C(CSc1nc2nccnc2c(=O)n1CCc1ccccc1)Nc1nccs1. The quantitative estimate of drug-likeness (QED) is 0.359. The molecule has 29 heavy (non-hydrogen) atoms. The zero-order valence-corrected chi connectivity index (χ0v) is 16.8. The molecule has 0 aliphatic carbocycles. The molecule has 146 valence electrons. The molecule has 0 bridgehead atoms. The zero-order chi connectivity index (χ0) is 20.1. The lowest BCUT2D eigenvalue weighted by Crippen LogP contribution is -2.26. The monoisotopic (exact) mass is 424 g/mol. The Kier molecular flexibility index (Phi) is 5.92. The summed E-state index contributed by atoms with van der Waals surface area (Å²) in [5.74, 6) is -0.114. The van der Waals surface area contributed by atoms with Gasteiger partial charge in [0.05, 0.1) is 5.75 Å². The topological polar surface area (TPSA) is 103 Å². The number of aryl methyl sites for hydroxylation is 1. The summed E-state index contributed by atoms with van der Waals surface area (Å²) in [4.78, 5) is 42.0. The molecule has 0 atom stereocenters. The predicted octanol–water partition coefficient (Wildman–Crippen LogP) is 2.62. The minimum Gasteiger partial charge on any atom is -0.301 e. The fraction of sp³-hybridized carbons (Fsp3) is 0.158. The molecule has 1 N–H and O–H groups in total. The first-order chi connectivity index (χ1) is 14.2. The van der Waals surface area contributed by atoms with Crippen LogP contribution >= 0.6 is 23.1 Å². The van der Waals surface area contributed by atoms with E-state index in [-0.39, 0.29) is 28.4 Å². The summed E-state index contributed by atoms with van der Waals surface area (Å²) in [5.41, 5.74) is 1.34. The van der Waals surface area contributed by atoms with Crippen molar-refractivity contribution >= 4 is 45.3 Å². The van der Waals surface area contributed by atoms with Crippen LogP contribution in [0.3, 0.4) is 0 Å². The first-order valence-electron chi connectivity index (χ1n) is 8.78. The molecule has 3 heterocycles. The van der Waals surface area contributed by atoms with E-state index in [4.69, 9.17) is 0 Å².